The number of anilines is 1. The van der Waals surface area contributed by atoms with Crippen molar-refractivity contribution in [3.63, 3.8) is 0 Å². The lowest BCUT2D eigenvalue weighted by atomic mass is 10.0. The van der Waals surface area contributed by atoms with Crippen LogP contribution in [0, 0.1) is 25.5 Å². The second-order valence-electron chi connectivity index (χ2n) is 8.32. The number of hydrogen-bond acceptors (Lipinski definition) is 5. The van der Waals surface area contributed by atoms with Crippen molar-refractivity contribution < 1.29 is 13.2 Å². The molecule has 34 heavy (non-hydrogen) atoms. The van der Waals surface area contributed by atoms with Crippen LogP contribution in [0.15, 0.2) is 71.6 Å². The van der Waals surface area contributed by atoms with Crippen molar-refractivity contribution in [3.8, 4) is 22.4 Å². The van der Waals surface area contributed by atoms with Crippen LogP contribution in [-0.2, 0) is 0 Å². The Labute approximate surface area is 195 Å². The molecule has 0 saturated heterocycles. The van der Waals surface area contributed by atoms with Crippen LogP contribution in [0.3, 0.4) is 0 Å². The molecule has 0 aliphatic heterocycles. The third kappa shape index (κ3) is 4.24. The lowest BCUT2D eigenvalue weighted by Crippen LogP contribution is -2.09. The molecule has 5 rings (SSSR count). The zero-order chi connectivity index (χ0) is 23.8. The summed E-state index contributed by atoms with van der Waals surface area (Å²) in [5.74, 6) is 0.384. The van der Waals surface area contributed by atoms with Crippen LogP contribution < -0.4 is 5.32 Å². The maximum absolute atomic E-state index is 14.6. The van der Waals surface area contributed by atoms with Crippen molar-refractivity contribution in [1.82, 2.24) is 15.0 Å². The highest BCUT2D eigenvalue weighted by molar-refractivity contribution is 5.86. The number of aromatic nitrogens is 3. The molecule has 0 aliphatic rings. The summed E-state index contributed by atoms with van der Waals surface area (Å²) in [4.78, 5) is 13.0. The van der Waals surface area contributed by atoms with Crippen LogP contribution >= 0.6 is 0 Å². The van der Waals surface area contributed by atoms with Crippen molar-refractivity contribution in [3.05, 3.63) is 95.8 Å². The van der Waals surface area contributed by atoms with Gasteiger partial charge in [0.05, 0.1) is 18.2 Å². The van der Waals surface area contributed by atoms with Gasteiger partial charge in [-0.05, 0) is 61.7 Å². The number of rotatable bonds is 5. The number of halogens is 2. The lowest BCUT2D eigenvalue weighted by molar-refractivity contribution is 0.559. The van der Waals surface area contributed by atoms with Crippen LogP contribution in [0.5, 0.6) is 0 Å². The van der Waals surface area contributed by atoms with E-state index in [9.17, 15) is 8.78 Å². The number of nitrogens with one attached hydrogen (secondary N) is 1. The molecule has 0 amide bonds. The van der Waals surface area contributed by atoms with E-state index in [1.54, 1.807) is 25.5 Å². The Hall–Kier alpha value is -4.13. The minimum Gasteiger partial charge on any atom is -0.461 e. The molecule has 2 aromatic carbocycles. The van der Waals surface area contributed by atoms with Crippen molar-refractivity contribution in [1.29, 1.82) is 0 Å². The fourth-order valence-corrected chi connectivity index (χ4v) is 4.02. The van der Waals surface area contributed by atoms with Gasteiger partial charge in [-0.25, -0.2) is 18.7 Å². The second kappa shape index (κ2) is 8.67. The molecule has 0 bridgehead atoms. The lowest BCUT2D eigenvalue weighted by Gasteiger charge is -2.17. The van der Waals surface area contributed by atoms with Crippen molar-refractivity contribution in [2.45, 2.75) is 26.8 Å². The maximum Gasteiger partial charge on any atom is 0.169 e. The average Bonchev–Trinajstić information content (AvgIpc) is 3.20. The number of hydrogen-bond donors (Lipinski definition) is 1. The van der Waals surface area contributed by atoms with Gasteiger partial charge < -0.3 is 9.73 Å². The summed E-state index contributed by atoms with van der Waals surface area (Å²) in [6.07, 6.45) is 4.37. The third-order valence-corrected chi connectivity index (χ3v) is 5.74. The Morgan fingerprint density at radius 2 is 1.76 bits per heavy atom. The first-order valence-electron chi connectivity index (χ1n) is 10.9. The quantitative estimate of drug-likeness (QED) is 0.308. The van der Waals surface area contributed by atoms with Crippen LogP contribution in [0.25, 0.3) is 33.4 Å². The molecule has 0 saturated carbocycles. The number of furan rings is 1. The maximum atomic E-state index is 14.6. The average molecular weight is 456 g/mol. The first kappa shape index (κ1) is 21.7. The van der Waals surface area contributed by atoms with Gasteiger partial charge in [0, 0.05) is 34.8 Å². The largest absolute Gasteiger partial charge is 0.461 e. The first-order valence-corrected chi connectivity index (χ1v) is 10.9. The molecule has 7 heteroatoms. The van der Waals surface area contributed by atoms with Crippen LogP contribution in [0.4, 0.5) is 14.6 Å². The highest BCUT2D eigenvalue weighted by atomic mass is 19.1. The topological polar surface area (TPSA) is 63.8 Å². The molecule has 0 spiro atoms. The minimum absolute atomic E-state index is 0.0982. The monoisotopic (exact) mass is 456 g/mol. The highest BCUT2D eigenvalue weighted by Crippen LogP contribution is 2.31. The molecule has 170 valence electrons. The van der Waals surface area contributed by atoms with E-state index in [-0.39, 0.29) is 17.4 Å². The van der Waals surface area contributed by atoms with Gasteiger partial charge in [0.25, 0.3) is 0 Å². The van der Waals surface area contributed by atoms with Crippen LogP contribution in [-0.4, -0.2) is 15.0 Å². The van der Waals surface area contributed by atoms with Gasteiger partial charge in [0.2, 0.25) is 0 Å². The van der Waals surface area contributed by atoms with E-state index in [1.165, 1.54) is 18.3 Å². The van der Waals surface area contributed by atoms with Gasteiger partial charge in [0.1, 0.15) is 17.5 Å². The van der Waals surface area contributed by atoms with E-state index >= 15 is 0 Å². The molecule has 1 unspecified atom stereocenters. The molecule has 3 aromatic heterocycles. The third-order valence-electron chi connectivity index (χ3n) is 5.74. The molecule has 0 fully saturated rings. The second-order valence-corrected chi connectivity index (χ2v) is 8.32. The Bertz CT molecular complexity index is 1510. The Balaban J connectivity index is 1.45. The van der Waals surface area contributed by atoms with E-state index in [4.69, 9.17) is 4.42 Å². The zero-order valence-corrected chi connectivity index (χ0v) is 18.9. The summed E-state index contributed by atoms with van der Waals surface area (Å²) in [7, 11) is 0. The Kier molecular flexibility index (Phi) is 5.53. The Morgan fingerprint density at radius 3 is 2.59 bits per heavy atom. The number of aryl methyl sites for hydroxylation is 2. The van der Waals surface area contributed by atoms with E-state index < -0.39 is 5.82 Å². The van der Waals surface area contributed by atoms with Gasteiger partial charge >= 0.3 is 0 Å². The highest BCUT2D eigenvalue weighted by Gasteiger charge is 2.14. The van der Waals surface area contributed by atoms with Gasteiger partial charge in [-0.2, -0.15) is 0 Å². The summed E-state index contributed by atoms with van der Waals surface area (Å²) in [5, 5.41) is 4.12. The molecule has 1 N–H and O–H groups in total. The van der Waals surface area contributed by atoms with E-state index in [2.05, 4.69) is 20.3 Å². The zero-order valence-electron chi connectivity index (χ0n) is 18.9. The Morgan fingerprint density at radius 1 is 0.912 bits per heavy atom. The smallest absolute Gasteiger partial charge is 0.169 e. The predicted octanol–water partition coefficient (Wildman–Crippen LogP) is 7.02. The number of benzene rings is 2. The SMILES string of the molecule is Cc1nc(NC(C)c2cccc(-c3cncc(F)c3)c2)cc(-c2cc(F)c3occ(C)c3c2)n1. The normalized spacial score (nSPS) is 12.1. The summed E-state index contributed by atoms with van der Waals surface area (Å²) >= 11 is 0. The molecular formula is C27H22F2N4O. The van der Waals surface area contributed by atoms with E-state index in [0.29, 0.717) is 28.5 Å². The summed E-state index contributed by atoms with van der Waals surface area (Å²) in [5.41, 5.74) is 4.95. The summed E-state index contributed by atoms with van der Waals surface area (Å²) < 4.78 is 33.5. The van der Waals surface area contributed by atoms with Gasteiger partial charge in [0.15, 0.2) is 11.4 Å². The van der Waals surface area contributed by atoms with Crippen molar-refractivity contribution in [2.75, 3.05) is 5.32 Å². The van der Waals surface area contributed by atoms with Crippen LogP contribution in [0.2, 0.25) is 0 Å². The van der Waals surface area contributed by atoms with Gasteiger partial charge in [-0.3, -0.25) is 4.98 Å². The standard InChI is InChI=1S/C27H22F2N4O/c1-15-14-34-27-23(15)9-20(10-24(27)29)25-11-26(33-17(3)32-25)31-16(2)18-5-4-6-19(7-18)21-8-22(28)13-30-12-21/h4-14,16H,1-3H3,(H,31,32,33). The molecule has 5 aromatic rings. The molecule has 3 heterocycles. The van der Waals surface area contributed by atoms with E-state index in [0.717, 1.165) is 22.1 Å². The molecule has 1 atom stereocenters. The molecular weight excluding hydrogens is 434 g/mol. The number of fused-ring (bicyclic) bond motifs is 1. The fourth-order valence-electron chi connectivity index (χ4n) is 4.02. The fraction of sp³-hybridized carbons (Fsp3) is 0.148. The minimum atomic E-state index is -0.427. The molecule has 0 radical (unpaired) electrons. The molecule has 0 aliphatic carbocycles. The predicted molar refractivity (Wildman–Crippen MR) is 128 cm³/mol. The van der Waals surface area contributed by atoms with Crippen LogP contribution in [0.1, 0.15) is 29.9 Å². The first-order chi connectivity index (χ1) is 16.4. The summed E-state index contributed by atoms with van der Waals surface area (Å²) in [6.45, 7) is 5.69. The summed E-state index contributed by atoms with van der Waals surface area (Å²) in [6, 6.07) is 14.3. The number of nitrogens with zero attached hydrogens (tertiary/aromatic N) is 3. The van der Waals surface area contributed by atoms with Gasteiger partial charge in [-0.15, -0.1) is 0 Å². The number of pyridine rings is 1. The van der Waals surface area contributed by atoms with Gasteiger partial charge in [-0.1, -0.05) is 18.2 Å². The van der Waals surface area contributed by atoms with E-state index in [1.807, 2.05) is 44.2 Å². The van der Waals surface area contributed by atoms with Crippen molar-refractivity contribution >= 4 is 16.8 Å². The molecule has 5 nitrogen and oxygen atoms in total. The van der Waals surface area contributed by atoms with Crippen molar-refractivity contribution in [2.24, 2.45) is 0 Å².